The Morgan fingerprint density at radius 3 is 2.31 bits per heavy atom. The Kier molecular flexibility index (Phi) is 3.62. The maximum atomic E-state index is 12.6. The van der Waals surface area contributed by atoms with Crippen molar-refractivity contribution in [3.8, 4) is 0 Å². The first kappa shape index (κ1) is 15.8. The zero-order valence-corrected chi connectivity index (χ0v) is 13.7. The molecule has 0 atom stereocenters. The Balaban J connectivity index is 1.62. The van der Waals surface area contributed by atoms with Crippen molar-refractivity contribution < 1.29 is 18.9 Å². The molecule has 2 heterocycles. The Bertz CT molecular complexity index is 1020. The summed E-state index contributed by atoms with van der Waals surface area (Å²) in [5, 5.41) is 6.33. The third-order valence-electron chi connectivity index (χ3n) is 4.01. The van der Waals surface area contributed by atoms with E-state index in [-0.39, 0.29) is 17.6 Å². The Labute approximate surface area is 148 Å². The van der Waals surface area contributed by atoms with E-state index in [2.05, 4.69) is 10.5 Å². The molecule has 3 amide bonds. The first-order valence-electron chi connectivity index (χ1n) is 7.87. The van der Waals surface area contributed by atoms with E-state index in [9.17, 15) is 14.4 Å². The SMILES string of the molecule is Cc1cc(C(=O)Nc2cccc(N3C(=O)c4ccccc4C3=O)c2)on1. The standard InChI is InChI=1S/C19H13N3O4/c1-11-9-16(26-21-11)17(23)20-12-5-4-6-13(10-12)22-18(24)14-7-2-3-8-15(14)19(22)25/h2-10H,1H3,(H,20,23). The van der Waals surface area contributed by atoms with E-state index in [4.69, 9.17) is 4.52 Å². The average molecular weight is 347 g/mol. The molecule has 0 aliphatic carbocycles. The highest BCUT2D eigenvalue weighted by molar-refractivity contribution is 6.34. The summed E-state index contributed by atoms with van der Waals surface area (Å²) in [6, 6.07) is 14.7. The number of aromatic nitrogens is 1. The first-order valence-corrected chi connectivity index (χ1v) is 7.87. The molecule has 128 valence electrons. The minimum Gasteiger partial charge on any atom is -0.351 e. The van der Waals surface area contributed by atoms with Crippen LogP contribution in [0.4, 0.5) is 11.4 Å². The van der Waals surface area contributed by atoms with Gasteiger partial charge in [-0.3, -0.25) is 14.4 Å². The van der Waals surface area contributed by atoms with Crippen molar-refractivity contribution >= 4 is 29.1 Å². The second-order valence-corrected chi connectivity index (χ2v) is 5.83. The summed E-state index contributed by atoms with van der Waals surface area (Å²) in [5.74, 6) is -1.17. The second-order valence-electron chi connectivity index (χ2n) is 5.83. The Morgan fingerprint density at radius 1 is 1.00 bits per heavy atom. The zero-order valence-electron chi connectivity index (χ0n) is 13.7. The van der Waals surface area contributed by atoms with Crippen LogP contribution in [0.2, 0.25) is 0 Å². The van der Waals surface area contributed by atoms with Crippen molar-refractivity contribution in [3.05, 3.63) is 77.2 Å². The van der Waals surface area contributed by atoms with E-state index in [0.29, 0.717) is 28.2 Å². The van der Waals surface area contributed by atoms with Crippen LogP contribution >= 0.6 is 0 Å². The first-order chi connectivity index (χ1) is 12.5. The number of anilines is 2. The van der Waals surface area contributed by atoms with Gasteiger partial charge in [-0.15, -0.1) is 0 Å². The van der Waals surface area contributed by atoms with Crippen LogP contribution in [0, 0.1) is 6.92 Å². The highest BCUT2D eigenvalue weighted by atomic mass is 16.5. The summed E-state index contributed by atoms with van der Waals surface area (Å²) in [7, 11) is 0. The summed E-state index contributed by atoms with van der Waals surface area (Å²) in [6.45, 7) is 1.71. The molecule has 0 saturated carbocycles. The number of aryl methyl sites for hydroxylation is 1. The quantitative estimate of drug-likeness (QED) is 0.735. The van der Waals surface area contributed by atoms with Crippen LogP contribution in [0.1, 0.15) is 37.0 Å². The van der Waals surface area contributed by atoms with Crippen molar-refractivity contribution in [1.29, 1.82) is 0 Å². The van der Waals surface area contributed by atoms with Gasteiger partial charge in [-0.25, -0.2) is 4.90 Å². The third-order valence-corrected chi connectivity index (χ3v) is 4.01. The minimum absolute atomic E-state index is 0.0774. The molecule has 7 nitrogen and oxygen atoms in total. The van der Waals surface area contributed by atoms with Gasteiger partial charge in [-0.2, -0.15) is 0 Å². The number of imide groups is 1. The molecule has 0 spiro atoms. The molecule has 0 fully saturated rings. The third kappa shape index (κ3) is 2.55. The molecule has 1 aliphatic heterocycles. The predicted molar refractivity (Wildman–Crippen MR) is 93.2 cm³/mol. The summed E-state index contributed by atoms with van der Waals surface area (Å²) in [6.07, 6.45) is 0. The maximum Gasteiger partial charge on any atom is 0.294 e. The van der Waals surface area contributed by atoms with Gasteiger partial charge in [0, 0.05) is 11.8 Å². The van der Waals surface area contributed by atoms with E-state index in [1.807, 2.05) is 0 Å². The van der Waals surface area contributed by atoms with Crippen molar-refractivity contribution in [3.63, 3.8) is 0 Å². The molecule has 1 aliphatic rings. The monoisotopic (exact) mass is 347 g/mol. The molecule has 7 heteroatoms. The van der Waals surface area contributed by atoms with E-state index in [1.54, 1.807) is 55.5 Å². The van der Waals surface area contributed by atoms with E-state index >= 15 is 0 Å². The number of hydrogen-bond acceptors (Lipinski definition) is 5. The van der Waals surface area contributed by atoms with Gasteiger partial charge in [-0.05, 0) is 37.3 Å². The number of amides is 3. The fraction of sp³-hybridized carbons (Fsp3) is 0.0526. The van der Waals surface area contributed by atoms with Gasteiger partial charge in [0.1, 0.15) is 0 Å². The fourth-order valence-corrected chi connectivity index (χ4v) is 2.81. The average Bonchev–Trinajstić information content (AvgIpc) is 3.18. The van der Waals surface area contributed by atoms with Gasteiger partial charge in [0.15, 0.2) is 0 Å². The lowest BCUT2D eigenvalue weighted by Gasteiger charge is -2.15. The predicted octanol–water partition coefficient (Wildman–Crippen LogP) is 3.04. The summed E-state index contributed by atoms with van der Waals surface area (Å²) in [4.78, 5) is 38.4. The van der Waals surface area contributed by atoms with Gasteiger partial charge >= 0.3 is 0 Å². The fourth-order valence-electron chi connectivity index (χ4n) is 2.81. The van der Waals surface area contributed by atoms with Crippen LogP contribution in [0.5, 0.6) is 0 Å². The highest BCUT2D eigenvalue weighted by Gasteiger charge is 2.36. The van der Waals surface area contributed by atoms with Crippen molar-refractivity contribution in [1.82, 2.24) is 5.16 Å². The molecular formula is C19H13N3O4. The van der Waals surface area contributed by atoms with Crippen LogP contribution in [0.15, 0.2) is 59.1 Å². The number of nitrogens with zero attached hydrogens (tertiary/aromatic N) is 2. The van der Waals surface area contributed by atoms with Gasteiger partial charge < -0.3 is 9.84 Å². The van der Waals surface area contributed by atoms with Gasteiger partial charge in [0.25, 0.3) is 17.7 Å². The van der Waals surface area contributed by atoms with Crippen LogP contribution < -0.4 is 10.2 Å². The number of hydrogen-bond donors (Lipinski definition) is 1. The van der Waals surface area contributed by atoms with E-state index in [1.165, 1.54) is 6.07 Å². The molecule has 1 N–H and O–H groups in total. The van der Waals surface area contributed by atoms with Crippen LogP contribution in [0.25, 0.3) is 0 Å². The molecule has 4 rings (SSSR count). The highest BCUT2D eigenvalue weighted by Crippen LogP contribution is 2.29. The van der Waals surface area contributed by atoms with Crippen LogP contribution in [-0.2, 0) is 0 Å². The number of fused-ring (bicyclic) bond motifs is 1. The molecule has 1 aromatic heterocycles. The van der Waals surface area contributed by atoms with E-state index < -0.39 is 5.91 Å². The summed E-state index contributed by atoms with van der Waals surface area (Å²) in [5.41, 5.74) is 2.13. The number of benzene rings is 2. The lowest BCUT2D eigenvalue weighted by molar-refractivity contribution is 0.0924. The summed E-state index contributed by atoms with van der Waals surface area (Å²) >= 11 is 0. The number of nitrogens with one attached hydrogen (secondary N) is 1. The molecule has 2 aromatic carbocycles. The number of rotatable bonds is 3. The van der Waals surface area contributed by atoms with Gasteiger partial charge in [0.2, 0.25) is 5.76 Å². The number of carbonyl (C=O) groups is 3. The maximum absolute atomic E-state index is 12.6. The smallest absolute Gasteiger partial charge is 0.294 e. The van der Waals surface area contributed by atoms with E-state index in [0.717, 1.165) is 4.90 Å². The number of carbonyl (C=O) groups excluding carboxylic acids is 3. The second kappa shape index (κ2) is 5.96. The molecule has 0 bridgehead atoms. The van der Waals surface area contributed by atoms with Gasteiger partial charge in [-0.1, -0.05) is 23.4 Å². The van der Waals surface area contributed by atoms with Crippen molar-refractivity contribution in [2.75, 3.05) is 10.2 Å². The van der Waals surface area contributed by atoms with Crippen molar-refractivity contribution in [2.24, 2.45) is 0 Å². The lowest BCUT2D eigenvalue weighted by Crippen LogP contribution is -2.29. The Morgan fingerprint density at radius 2 is 1.69 bits per heavy atom. The topological polar surface area (TPSA) is 92.5 Å². The van der Waals surface area contributed by atoms with Crippen LogP contribution in [-0.4, -0.2) is 22.9 Å². The molecule has 0 saturated heterocycles. The molecule has 0 radical (unpaired) electrons. The van der Waals surface area contributed by atoms with Crippen molar-refractivity contribution in [2.45, 2.75) is 6.92 Å². The Hall–Kier alpha value is -3.74. The molecule has 3 aromatic rings. The van der Waals surface area contributed by atoms with Gasteiger partial charge in [0.05, 0.1) is 22.5 Å². The minimum atomic E-state index is -0.467. The largest absolute Gasteiger partial charge is 0.351 e. The normalized spacial score (nSPS) is 13.0. The molecular weight excluding hydrogens is 334 g/mol. The van der Waals surface area contributed by atoms with Crippen LogP contribution in [0.3, 0.4) is 0 Å². The summed E-state index contributed by atoms with van der Waals surface area (Å²) < 4.78 is 4.92. The zero-order chi connectivity index (χ0) is 18.3. The lowest BCUT2D eigenvalue weighted by atomic mass is 10.1. The molecule has 0 unspecified atom stereocenters. The molecule has 26 heavy (non-hydrogen) atoms.